The lowest BCUT2D eigenvalue weighted by Gasteiger charge is -2.22. The summed E-state index contributed by atoms with van der Waals surface area (Å²) in [4.78, 5) is 19.1. The molecule has 35 heavy (non-hydrogen) atoms. The van der Waals surface area contributed by atoms with Crippen molar-refractivity contribution in [2.24, 2.45) is 0 Å². The van der Waals surface area contributed by atoms with Crippen molar-refractivity contribution in [2.45, 2.75) is 33.0 Å². The fourth-order valence-electron chi connectivity index (χ4n) is 4.96. The molecule has 0 aliphatic carbocycles. The van der Waals surface area contributed by atoms with Crippen LogP contribution < -0.4 is 10.2 Å². The highest BCUT2D eigenvalue weighted by Crippen LogP contribution is 2.34. The van der Waals surface area contributed by atoms with Crippen molar-refractivity contribution in [3.05, 3.63) is 94.8 Å². The molecule has 1 atom stereocenters. The molecule has 0 fully saturated rings. The van der Waals surface area contributed by atoms with Crippen molar-refractivity contribution in [1.29, 1.82) is 0 Å². The van der Waals surface area contributed by atoms with Gasteiger partial charge in [-0.2, -0.15) is 0 Å². The summed E-state index contributed by atoms with van der Waals surface area (Å²) in [7, 11) is 0. The Bertz CT molecular complexity index is 1580. The number of hydrogen-bond donors (Lipinski definition) is 2. The van der Waals surface area contributed by atoms with Crippen LogP contribution in [0.15, 0.2) is 67.0 Å². The Morgan fingerprint density at radius 2 is 1.77 bits per heavy atom. The van der Waals surface area contributed by atoms with E-state index in [1.54, 1.807) is 24.5 Å². The second kappa shape index (κ2) is 8.09. The molecule has 1 aliphatic rings. The number of para-hydroxylation sites is 1. The highest BCUT2D eigenvalue weighted by atomic mass is 16.4. The molecule has 6 rings (SSSR count). The summed E-state index contributed by atoms with van der Waals surface area (Å²) in [6.45, 7) is 5.60. The van der Waals surface area contributed by atoms with Crippen LogP contribution in [0.4, 0.5) is 11.6 Å². The number of fused-ring (bicyclic) bond motifs is 4. The minimum absolute atomic E-state index is 0.195. The first-order valence-electron chi connectivity index (χ1n) is 11.5. The number of nitrogens with zero attached hydrogens (tertiary/aromatic N) is 5. The molecule has 8 heteroatoms. The number of aryl methyl sites for hydroxylation is 1. The van der Waals surface area contributed by atoms with Crippen LogP contribution in [0.3, 0.4) is 0 Å². The normalized spacial score (nSPS) is 13.8. The van der Waals surface area contributed by atoms with Gasteiger partial charge in [0, 0.05) is 29.7 Å². The zero-order valence-corrected chi connectivity index (χ0v) is 19.4. The first kappa shape index (κ1) is 21.1. The molecule has 0 saturated carbocycles. The summed E-state index contributed by atoms with van der Waals surface area (Å²) in [6, 6.07) is 19.4. The fourth-order valence-corrected chi connectivity index (χ4v) is 4.96. The summed E-state index contributed by atoms with van der Waals surface area (Å²) >= 11 is 0. The molecule has 2 aromatic heterocycles. The predicted molar refractivity (Wildman–Crippen MR) is 135 cm³/mol. The zero-order valence-electron chi connectivity index (χ0n) is 19.4. The summed E-state index contributed by atoms with van der Waals surface area (Å²) in [5, 5.41) is 22.6. The Labute approximate surface area is 201 Å². The standard InChI is InChI=1S/C27H24N6O2/c1-16-11-21(17(2)29-23-10-6-5-9-20(23)26(34)35)24-22(12-16)25-31-28-15-33(25)27(30-24)32-13-18-7-3-4-8-19(18)14-32/h3-12,15,17,29H,13-14H2,1-2H3,(H,34,35)/t17-/m1/s1. The van der Waals surface area contributed by atoms with Crippen LogP contribution in [-0.2, 0) is 13.1 Å². The number of hydrogen-bond acceptors (Lipinski definition) is 6. The number of carbonyl (C=O) groups is 1. The maximum absolute atomic E-state index is 11.7. The fraction of sp³-hybridized carbons (Fsp3) is 0.185. The molecule has 0 radical (unpaired) electrons. The van der Waals surface area contributed by atoms with Gasteiger partial charge in [-0.25, -0.2) is 9.78 Å². The summed E-state index contributed by atoms with van der Waals surface area (Å²) in [6.07, 6.45) is 1.72. The van der Waals surface area contributed by atoms with E-state index < -0.39 is 5.97 Å². The smallest absolute Gasteiger partial charge is 0.337 e. The Hall–Kier alpha value is -4.46. The zero-order chi connectivity index (χ0) is 24.1. The lowest BCUT2D eigenvalue weighted by Crippen LogP contribution is -2.20. The van der Waals surface area contributed by atoms with Gasteiger partial charge in [0.15, 0.2) is 5.65 Å². The molecular formula is C27H24N6O2. The predicted octanol–water partition coefficient (Wildman–Crippen LogP) is 4.98. The second-order valence-electron chi connectivity index (χ2n) is 9.03. The highest BCUT2D eigenvalue weighted by Gasteiger charge is 2.25. The molecule has 5 aromatic rings. The number of anilines is 2. The van der Waals surface area contributed by atoms with Crippen LogP contribution in [0, 0.1) is 6.92 Å². The van der Waals surface area contributed by atoms with Crippen molar-refractivity contribution in [2.75, 3.05) is 10.2 Å². The average Bonchev–Trinajstić information content (AvgIpc) is 3.51. The van der Waals surface area contributed by atoms with Crippen molar-refractivity contribution < 1.29 is 9.90 Å². The van der Waals surface area contributed by atoms with E-state index in [0.717, 1.165) is 46.7 Å². The largest absolute Gasteiger partial charge is 0.478 e. The van der Waals surface area contributed by atoms with Crippen LogP contribution >= 0.6 is 0 Å². The average molecular weight is 465 g/mol. The maximum atomic E-state index is 11.7. The molecule has 174 valence electrons. The molecular weight excluding hydrogens is 440 g/mol. The van der Waals surface area contributed by atoms with Crippen molar-refractivity contribution in [3.8, 4) is 0 Å². The molecule has 0 amide bonds. The van der Waals surface area contributed by atoms with Gasteiger partial charge in [-0.15, -0.1) is 10.2 Å². The number of aromatic carboxylic acids is 1. The number of rotatable bonds is 5. The van der Waals surface area contributed by atoms with Gasteiger partial charge < -0.3 is 15.3 Å². The van der Waals surface area contributed by atoms with E-state index in [-0.39, 0.29) is 11.6 Å². The van der Waals surface area contributed by atoms with Crippen LogP contribution in [0.25, 0.3) is 16.6 Å². The van der Waals surface area contributed by atoms with E-state index in [1.165, 1.54) is 11.1 Å². The molecule has 0 spiro atoms. The Kier molecular flexibility index (Phi) is 4.88. The van der Waals surface area contributed by atoms with Crippen LogP contribution in [0.1, 0.15) is 45.6 Å². The van der Waals surface area contributed by atoms with Gasteiger partial charge in [-0.05, 0) is 48.7 Å². The Balaban J connectivity index is 1.49. The van der Waals surface area contributed by atoms with Crippen LogP contribution in [0.5, 0.6) is 0 Å². The maximum Gasteiger partial charge on any atom is 0.337 e. The van der Waals surface area contributed by atoms with Gasteiger partial charge in [-0.1, -0.05) is 42.5 Å². The molecule has 0 unspecified atom stereocenters. The Morgan fingerprint density at radius 1 is 1.06 bits per heavy atom. The number of carboxylic acid groups (broad SMARTS) is 1. The highest BCUT2D eigenvalue weighted by molar-refractivity contribution is 5.96. The van der Waals surface area contributed by atoms with E-state index in [4.69, 9.17) is 4.98 Å². The molecule has 1 aliphatic heterocycles. The lowest BCUT2D eigenvalue weighted by molar-refractivity contribution is 0.0698. The van der Waals surface area contributed by atoms with Gasteiger partial charge >= 0.3 is 5.97 Å². The number of carboxylic acids is 1. The minimum Gasteiger partial charge on any atom is -0.478 e. The summed E-state index contributed by atoms with van der Waals surface area (Å²) in [5.74, 6) is -0.175. The van der Waals surface area contributed by atoms with Crippen LogP contribution in [-0.4, -0.2) is 30.7 Å². The minimum atomic E-state index is -0.964. The molecule has 3 aromatic carbocycles. The van der Waals surface area contributed by atoms with E-state index in [0.29, 0.717) is 5.69 Å². The van der Waals surface area contributed by atoms with Gasteiger partial charge in [-0.3, -0.25) is 4.40 Å². The van der Waals surface area contributed by atoms with Crippen molar-refractivity contribution in [3.63, 3.8) is 0 Å². The SMILES string of the molecule is Cc1cc([C@@H](C)Nc2ccccc2C(=O)O)c2nc(N3Cc4ccccc4C3)n3cnnc3c2c1. The van der Waals surface area contributed by atoms with E-state index >= 15 is 0 Å². The van der Waals surface area contributed by atoms with Crippen molar-refractivity contribution in [1.82, 2.24) is 19.6 Å². The molecule has 3 heterocycles. The summed E-state index contributed by atoms with van der Waals surface area (Å²) in [5.41, 5.74) is 7.02. The van der Waals surface area contributed by atoms with Crippen molar-refractivity contribution >= 4 is 34.2 Å². The molecule has 8 nitrogen and oxygen atoms in total. The lowest BCUT2D eigenvalue weighted by atomic mass is 10.0. The first-order chi connectivity index (χ1) is 17.0. The third-order valence-electron chi connectivity index (χ3n) is 6.62. The van der Waals surface area contributed by atoms with Gasteiger partial charge in [0.1, 0.15) is 6.33 Å². The number of benzene rings is 3. The third kappa shape index (κ3) is 3.54. The molecule has 0 saturated heterocycles. The van der Waals surface area contributed by atoms with Gasteiger partial charge in [0.25, 0.3) is 0 Å². The quantitative estimate of drug-likeness (QED) is 0.379. The number of aromatic nitrogens is 4. The first-order valence-corrected chi connectivity index (χ1v) is 11.5. The monoisotopic (exact) mass is 464 g/mol. The van der Waals surface area contributed by atoms with Gasteiger partial charge in [0.05, 0.1) is 17.1 Å². The molecule has 0 bridgehead atoms. The third-order valence-corrected chi connectivity index (χ3v) is 6.62. The summed E-state index contributed by atoms with van der Waals surface area (Å²) < 4.78 is 1.95. The van der Waals surface area contributed by atoms with E-state index in [2.05, 4.69) is 56.8 Å². The Morgan fingerprint density at radius 3 is 2.51 bits per heavy atom. The topological polar surface area (TPSA) is 95.6 Å². The van der Waals surface area contributed by atoms with Crippen LogP contribution in [0.2, 0.25) is 0 Å². The number of nitrogens with one attached hydrogen (secondary N) is 1. The van der Waals surface area contributed by atoms with Gasteiger partial charge in [0.2, 0.25) is 5.95 Å². The second-order valence-corrected chi connectivity index (χ2v) is 9.03. The van der Waals surface area contributed by atoms with E-state index in [9.17, 15) is 9.90 Å². The van der Waals surface area contributed by atoms with E-state index in [1.807, 2.05) is 24.3 Å². The molecule has 2 N–H and O–H groups in total.